The molecule has 0 aromatic heterocycles. The van der Waals surface area contributed by atoms with E-state index in [9.17, 15) is 4.79 Å². The van der Waals surface area contributed by atoms with Crippen molar-refractivity contribution in [1.82, 2.24) is 10.2 Å². The van der Waals surface area contributed by atoms with E-state index in [1.165, 1.54) is 44.1 Å². The van der Waals surface area contributed by atoms with Gasteiger partial charge in [0.15, 0.2) is 0 Å². The van der Waals surface area contributed by atoms with E-state index in [2.05, 4.69) is 17.1 Å². The molecular weight excluding hydrogens is 324 g/mol. The molecule has 26 heavy (non-hydrogen) atoms. The van der Waals surface area contributed by atoms with Crippen LogP contribution in [0.5, 0.6) is 0 Å². The summed E-state index contributed by atoms with van der Waals surface area (Å²) in [6.45, 7) is 8.00. The van der Waals surface area contributed by atoms with Crippen LogP contribution in [-0.4, -0.2) is 50.2 Å². The number of morpholine rings is 1. The Labute approximate surface area is 158 Å². The van der Waals surface area contributed by atoms with Crippen LogP contribution in [0.15, 0.2) is 11.6 Å². The number of carbonyl (C=O) groups is 1. The van der Waals surface area contributed by atoms with Crippen molar-refractivity contribution in [2.45, 2.75) is 58.3 Å². The molecule has 4 bridgehead atoms. The highest BCUT2D eigenvalue weighted by Gasteiger charge is 2.51. The van der Waals surface area contributed by atoms with Crippen molar-refractivity contribution < 1.29 is 9.53 Å². The molecular formula is C22H36N2O2. The van der Waals surface area contributed by atoms with Crippen molar-refractivity contribution in [2.75, 3.05) is 39.4 Å². The number of amides is 1. The largest absolute Gasteiger partial charge is 0.379 e. The first kappa shape index (κ1) is 18.5. The third-order valence-corrected chi connectivity index (χ3v) is 7.53. The van der Waals surface area contributed by atoms with Crippen molar-refractivity contribution in [1.29, 1.82) is 0 Å². The fraction of sp³-hybridized carbons (Fsp3) is 0.864. The lowest BCUT2D eigenvalue weighted by atomic mass is 9.48. The molecule has 1 amide bonds. The van der Waals surface area contributed by atoms with Crippen LogP contribution in [0.2, 0.25) is 0 Å². The fourth-order valence-electron chi connectivity index (χ4n) is 6.49. The van der Waals surface area contributed by atoms with Crippen LogP contribution < -0.4 is 5.32 Å². The predicted octanol–water partition coefficient (Wildman–Crippen LogP) is 3.38. The third-order valence-electron chi connectivity index (χ3n) is 7.53. The van der Waals surface area contributed by atoms with Gasteiger partial charge in [0.1, 0.15) is 0 Å². The first-order valence-electron chi connectivity index (χ1n) is 10.9. The lowest BCUT2D eigenvalue weighted by Crippen LogP contribution is -2.46. The molecule has 4 nitrogen and oxygen atoms in total. The predicted molar refractivity (Wildman–Crippen MR) is 104 cm³/mol. The van der Waals surface area contributed by atoms with Gasteiger partial charge < -0.3 is 10.1 Å². The van der Waals surface area contributed by atoms with Gasteiger partial charge in [-0.2, -0.15) is 0 Å². The maximum Gasteiger partial charge on any atom is 0.243 e. The Hall–Kier alpha value is -0.870. The van der Waals surface area contributed by atoms with Crippen LogP contribution in [0.1, 0.15) is 58.3 Å². The third kappa shape index (κ3) is 4.17. The number of rotatable bonds is 7. The van der Waals surface area contributed by atoms with Crippen molar-refractivity contribution in [3.8, 4) is 0 Å². The van der Waals surface area contributed by atoms with E-state index in [1.54, 1.807) is 0 Å². The molecule has 5 fully saturated rings. The number of ether oxygens (including phenoxy) is 1. The molecule has 5 rings (SSSR count). The summed E-state index contributed by atoms with van der Waals surface area (Å²) >= 11 is 0. The standard InChI is InChI=1S/C22H36N2O2/c1-17(22-14-18-11-19(15-22)13-20(12-18)16-22)10-21(25)23-4-2-3-5-24-6-8-26-9-7-24/h10,18-20H,2-9,11-16H2,1H3,(H,23,25)/b17-10-. The number of hydrogen-bond acceptors (Lipinski definition) is 3. The summed E-state index contributed by atoms with van der Waals surface area (Å²) in [7, 11) is 0. The zero-order valence-corrected chi connectivity index (χ0v) is 16.5. The summed E-state index contributed by atoms with van der Waals surface area (Å²) in [4.78, 5) is 14.9. The SMILES string of the molecule is C/C(=C/C(=O)NCCCCN1CCOCC1)C12CC3CC(CC(C3)C1)C2. The van der Waals surface area contributed by atoms with Crippen LogP contribution >= 0.6 is 0 Å². The Morgan fingerprint density at radius 1 is 1.08 bits per heavy atom. The smallest absolute Gasteiger partial charge is 0.243 e. The van der Waals surface area contributed by atoms with E-state index in [0.717, 1.165) is 70.0 Å². The fourth-order valence-corrected chi connectivity index (χ4v) is 6.49. The minimum absolute atomic E-state index is 0.129. The molecule has 1 aliphatic heterocycles. The van der Waals surface area contributed by atoms with Crippen molar-refractivity contribution >= 4 is 5.91 Å². The van der Waals surface area contributed by atoms with E-state index in [4.69, 9.17) is 4.74 Å². The summed E-state index contributed by atoms with van der Waals surface area (Å²) in [6.07, 6.45) is 12.6. The Kier molecular flexibility index (Phi) is 5.70. The number of unbranched alkanes of at least 4 members (excludes halogenated alkanes) is 1. The van der Waals surface area contributed by atoms with Gasteiger partial charge in [-0.05, 0) is 88.0 Å². The van der Waals surface area contributed by atoms with Gasteiger partial charge in [0.05, 0.1) is 13.2 Å². The molecule has 0 radical (unpaired) electrons. The lowest BCUT2D eigenvalue weighted by molar-refractivity contribution is -0.116. The van der Waals surface area contributed by atoms with E-state index in [0.29, 0.717) is 5.41 Å². The Morgan fingerprint density at radius 3 is 2.31 bits per heavy atom. The highest BCUT2D eigenvalue weighted by Crippen LogP contribution is 2.62. The van der Waals surface area contributed by atoms with Gasteiger partial charge in [0.25, 0.3) is 0 Å². The lowest BCUT2D eigenvalue weighted by Gasteiger charge is -2.57. The quantitative estimate of drug-likeness (QED) is 0.559. The van der Waals surface area contributed by atoms with Crippen LogP contribution in [0, 0.1) is 23.2 Å². The molecule has 4 aliphatic carbocycles. The van der Waals surface area contributed by atoms with Crippen LogP contribution in [0.25, 0.3) is 0 Å². The molecule has 1 N–H and O–H groups in total. The second-order valence-electron chi connectivity index (χ2n) is 9.48. The van der Waals surface area contributed by atoms with Gasteiger partial charge in [-0.1, -0.05) is 5.57 Å². The first-order chi connectivity index (χ1) is 12.6. The summed E-state index contributed by atoms with van der Waals surface area (Å²) in [5.41, 5.74) is 1.73. The average molecular weight is 361 g/mol. The minimum atomic E-state index is 0.129. The van der Waals surface area contributed by atoms with Crippen molar-refractivity contribution in [2.24, 2.45) is 23.2 Å². The van der Waals surface area contributed by atoms with Gasteiger partial charge in [0, 0.05) is 25.7 Å². The van der Waals surface area contributed by atoms with Gasteiger partial charge in [0.2, 0.25) is 5.91 Å². The summed E-state index contributed by atoms with van der Waals surface area (Å²) in [5, 5.41) is 3.12. The molecule has 1 heterocycles. The summed E-state index contributed by atoms with van der Waals surface area (Å²) in [5.74, 6) is 2.94. The van der Waals surface area contributed by atoms with E-state index in [-0.39, 0.29) is 5.91 Å². The maximum atomic E-state index is 12.4. The Balaban J connectivity index is 1.20. The minimum Gasteiger partial charge on any atom is -0.379 e. The van der Waals surface area contributed by atoms with Crippen LogP contribution in [-0.2, 0) is 9.53 Å². The highest BCUT2D eigenvalue weighted by molar-refractivity contribution is 5.88. The number of nitrogens with one attached hydrogen (secondary N) is 1. The van der Waals surface area contributed by atoms with Crippen molar-refractivity contribution in [3.05, 3.63) is 11.6 Å². The zero-order chi connectivity index (χ0) is 18.0. The van der Waals surface area contributed by atoms with E-state index in [1.807, 2.05) is 6.08 Å². The Morgan fingerprint density at radius 2 is 1.69 bits per heavy atom. The van der Waals surface area contributed by atoms with Crippen LogP contribution in [0.4, 0.5) is 0 Å². The average Bonchev–Trinajstić information content (AvgIpc) is 2.61. The molecule has 146 valence electrons. The second-order valence-corrected chi connectivity index (χ2v) is 9.48. The number of carbonyl (C=O) groups excluding carboxylic acids is 1. The van der Waals surface area contributed by atoms with Crippen LogP contribution in [0.3, 0.4) is 0 Å². The monoisotopic (exact) mass is 360 g/mol. The van der Waals surface area contributed by atoms with Gasteiger partial charge in [-0.25, -0.2) is 0 Å². The van der Waals surface area contributed by atoms with Gasteiger partial charge in [-0.15, -0.1) is 0 Å². The molecule has 4 saturated carbocycles. The van der Waals surface area contributed by atoms with Gasteiger partial charge in [-0.3, -0.25) is 9.69 Å². The molecule has 5 aliphatic rings. The molecule has 0 aromatic rings. The van der Waals surface area contributed by atoms with E-state index >= 15 is 0 Å². The maximum absolute atomic E-state index is 12.4. The molecule has 0 aromatic carbocycles. The topological polar surface area (TPSA) is 41.6 Å². The van der Waals surface area contributed by atoms with E-state index < -0.39 is 0 Å². The number of hydrogen-bond donors (Lipinski definition) is 1. The summed E-state index contributed by atoms with van der Waals surface area (Å²) < 4.78 is 5.38. The molecule has 1 saturated heterocycles. The first-order valence-corrected chi connectivity index (χ1v) is 10.9. The highest BCUT2D eigenvalue weighted by atomic mass is 16.5. The van der Waals surface area contributed by atoms with Gasteiger partial charge >= 0.3 is 0 Å². The second kappa shape index (κ2) is 8.02. The molecule has 0 spiro atoms. The summed E-state index contributed by atoms with van der Waals surface area (Å²) in [6, 6.07) is 0. The molecule has 0 unspecified atom stereocenters. The molecule has 4 heteroatoms. The number of allylic oxidation sites excluding steroid dienone is 1. The molecule has 0 atom stereocenters. The Bertz CT molecular complexity index is 501. The normalized spacial score (nSPS) is 37.1. The number of nitrogens with zero attached hydrogens (tertiary/aromatic N) is 1. The van der Waals surface area contributed by atoms with Crippen molar-refractivity contribution in [3.63, 3.8) is 0 Å². The zero-order valence-electron chi connectivity index (χ0n) is 16.5.